The number of halogens is 1. The van der Waals surface area contributed by atoms with Crippen molar-refractivity contribution in [3.8, 4) is 0 Å². The number of benzene rings is 1. The molecule has 0 amide bonds. The van der Waals surface area contributed by atoms with Gasteiger partial charge in [-0.3, -0.25) is 0 Å². The Labute approximate surface area is 191 Å². The Balaban J connectivity index is 0.00000300. The van der Waals surface area contributed by atoms with Crippen molar-refractivity contribution in [1.82, 2.24) is 20.5 Å². The molecule has 1 saturated heterocycles. The molecule has 0 spiro atoms. The van der Waals surface area contributed by atoms with Gasteiger partial charge in [-0.1, -0.05) is 35.9 Å². The van der Waals surface area contributed by atoms with Crippen LogP contribution in [0.2, 0.25) is 0 Å². The lowest BCUT2D eigenvalue weighted by Gasteiger charge is -2.33. The second-order valence-corrected chi connectivity index (χ2v) is 7.35. The Kier molecular flexibility index (Phi) is 9.66. The van der Waals surface area contributed by atoms with E-state index in [0.717, 1.165) is 56.6 Å². The molecule has 1 aliphatic heterocycles. The number of pyridine rings is 1. The molecule has 1 aromatic carbocycles. The van der Waals surface area contributed by atoms with Crippen molar-refractivity contribution in [1.29, 1.82) is 0 Å². The van der Waals surface area contributed by atoms with E-state index >= 15 is 0 Å². The van der Waals surface area contributed by atoms with Crippen LogP contribution in [0.5, 0.6) is 0 Å². The Bertz CT molecular complexity index is 752. The van der Waals surface area contributed by atoms with Gasteiger partial charge in [0, 0.05) is 45.5 Å². The molecule has 158 valence electrons. The molecular weight excluding hydrogens is 475 g/mol. The molecule has 0 aliphatic carbocycles. The molecule has 3 rings (SSSR count). The van der Waals surface area contributed by atoms with Crippen molar-refractivity contribution in [3.05, 3.63) is 59.3 Å². The smallest absolute Gasteiger partial charge is 0.191 e. The predicted octanol–water partition coefficient (Wildman–Crippen LogP) is 3.02. The second-order valence-electron chi connectivity index (χ2n) is 7.35. The predicted molar refractivity (Wildman–Crippen MR) is 132 cm³/mol. The minimum absolute atomic E-state index is 0. The van der Waals surface area contributed by atoms with Gasteiger partial charge in [-0.15, -0.1) is 24.0 Å². The summed E-state index contributed by atoms with van der Waals surface area (Å²) in [5, 5.41) is 6.71. The molecule has 1 fully saturated rings. The first-order valence-electron chi connectivity index (χ1n) is 10.1. The molecule has 0 bridgehead atoms. The van der Waals surface area contributed by atoms with Crippen molar-refractivity contribution in [2.45, 2.75) is 26.9 Å². The molecule has 1 aromatic heterocycles. The van der Waals surface area contributed by atoms with Crippen molar-refractivity contribution in [3.63, 3.8) is 0 Å². The van der Waals surface area contributed by atoms with Gasteiger partial charge in [0.25, 0.3) is 0 Å². The highest BCUT2D eigenvalue weighted by Gasteiger charge is 2.14. The molecule has 2 aromatic rings. The standard InChI is InChI=1S/C22H32N6.HI/c1-4-23-22(25-15-19-7-5-18(2)6-8-19)26-17-20-9-10-21(24-16-20)28-13-11-27(3)12-14-28;/h5-10,16H,4,11-15,17H2,1-3H3,(H2,23,25,26);1H. The van der Waals surface area contributed by atoms with Gasteiger partial charge in [-0.05, 0) is 38.1 Å². The highest BCUT2D eigenvalue weighted by Crippen LogP contribution is 2.14. The average molecular weight is 508 g/mol. The van der Waals surface area contributed by atoms with E-state index in [1.807, 2.05) is 6.20 Å². The Morgan fingerprint density at radius 3 is 2.31 bits per heavy atom. The molecule has 0 radical (unpaired) electrons. The number of nitrogens with one attached hydrogen (secondary N) is 2. The molecule has 7 heteroatoms. The summed E-state index contributed by atoms with van der Waals surface area (Å²) in [7, 11) is 2.17. The van der Waals surface area contributed by atoms with Crippen LogP contribution in [-0.4, -0.2) is 55.6 Å². The number of nitrogens with zero attached hydrogens (tertiary/aromatic N) is 4. The number of aliphatic imine (C=N–C) groups is 1. The van der Waals surface area contributed by atoms with Crippen LogP contribution in [0.3, 0.4) is 0 Å². The van der Waals surface area contributed by atoms with E-state index in [1.54, 1.807) is 0 Å². The van der Waals surface area contributed by atoms with Crippen LogP contribution in [0, 0.1) is 6.92 Å². The number of guanidine groups is 1. The third-order valence-corrected chi connectivity index (χ3v) is 4.98. The first kappa shape index (κ1) is 23.4. The minimum Gasteiger partial charge on any atom is -0.357 e. The van der Waals surface area contributed by atoms with Crippen molar-refractivity contribution in [2.24, 2.45) is 4.99 Å². The second kappa shape index (κ2) is 12.0. The van der Waals surface area contributed by atoms with Crippen LogP contribution in [0.4, 0.5) is 5.82 Å². The zero-order valence-electron chi connectivity index (χ0n) is 17.7. The van der Waals surface area contributed by atoms with Gasteiger partial charge in [0.15, 0.2) is 5.96 Å². The summed E-state index contributed by atoms with van der Waals surface area (Å²) in [5.74, 6) is 1.89. The number of anilines is 1. The molecule has 0 unspecified atom stereocenters. The van der Waals surface area contributed by atoms with Crippen molar-refractivity contribution >= 4 is 35.8 Å². The fourth-order valence-corrected chi connectivity index (χ4v) is 3.14. The lowest BCUT2D eigenvalue weighted by molar-refractivity contribution is 0.312. The molecule has 6 nitrogen and oxygen atoms in total. The summed E-state index contributed by atoms with van der Waals surface area (Å²) in [6, 6.07) is 12.8. The van der Waals surface area contributed by atoms with Gasteiger partial charge in [-0.25, -0.2) is 9.98 Å². The number of likely N-dealkylation sites (N-methyl/N-ethyl adjacent to an activating group) is 1. The van der Waals surface area contributed by atoms with E-state index < -0.39 is 0 Å². The van der Waals surface area contributed by atoms with Crippen LogP contribution in [0.1, 0.15) is 23.6 Å². The van der Waals surface area contributed by atoms with E-state index in [4.69, 9.17) is 4.99 Å². The van der Waals surface area contributed by atoms with Gasteiger partial charge in [0.05, 0.1) is 6.54 Å². The van der Waals surface area contributed by atoms with Gasteiger partial charge in [0.2, 0.25) is 0 Å². The van der Waals surface area contributed by atoms with Gasteiger partial charge >= 0.3 is 0 Å². The quantitative estimate of drug-likeness (QED) is 0.357. The molecular formula is C22H33IN6. The highest BCUT2D eigenvalue weighted by atomic mass is 127. The average Bonchev–Trinajstić information content (AvgIpc) is 2.72. The van der Waals surface area contributed by atoms with Gasteiger partial charge in [-0.2, -0.15) is 0 Å². The first-order valence-corrected chi connectivity index (χ1v) is 10.1. The van der Waals surface area contributed by atoms with Gasteiger partial charge < -0.3 is 20.4 Å². The Hall–Kier alpha value is -1.87. The van der Waals surface area contributed by atoms with E-state index in [-0.39, 0.29) is 24.0 Å². The molecule has 29 heavy (non-hydrogen) atoms. The van der Waals surface area contributed by atoms with E-state index in [1.165, 1.54) is 11.1 Å². The van der Waals surface area contributed by atoms with Crippen LogP contribution in [-0.2, 0) is 13.1 Å². The van der Waals surface area contributed by atoms with Crippen LogP contribution in [0.15, 0.2) is 47.6 Å². The normalized spacial score (nSPS) is 15.0. The summed E-state index contributed by atoms with van der Waals surface area (Å²) >= 11 is 0. The molecule has 0 saturated carbocycles. The molecule has 1 aliphatic rings. The highest BCUT2D eigenvalue weighted by molar-refractivity contribution is 14.0. The largest absolute Gasteiger partial charge is 0.357 e. The molecule has 0 atom stereocenters. The molecule has 2 heterocycles. The maximum atomic E-state index is 4.70. The summed E-state index contributed by atoms with van der Waals surface area (Å²) in [6.07, 6.45) is 1.95. The number of aryl methyl sites for hydroxylation is 1. The Morgan fingerprint density at radius 1 is 1.00 bits per heavy atom. The molecule has 2 N–H and O–H groups in total. The Morgan fingerprint density at radius 2 is 1.69 bits per heavy atom. The maximum absolute atomic E-state index is 4.70. The fourth-order valence-electron chi connectivity index (χ4n) is 3.14. The third-order valence-electron chi connectivity index (χ3n) is 4.98. The van der Waals surface area contributed by atoms with Crippen molar-refractivity contribution < 1.29 is 0 Å². The fraction of sp³-hybridized carbons (Fsp3) is 0.455. The lowest BCUT2D eigenvalue weighted by Crippen LogP contribution is -2.44. The van der Waals surface area contributed by atoms with Crippen LogP contribution < -0.4 is 15.5 Å². The van der Waals surface area contributed by atoms with E-state index in [9.17, 15) is 0 Å². The minimum atomic E-state index is 0. The number of aromatic nitrogens is 1. The summed E-state index contributed by atoms with van der Waals surface area (Å²) < 4.78 is 0. The summed E-state index contributed by atoms with van der Waals surface area (Å²) in [6.45, 7) is 10.6. The SMILES string of the molecule is CCNC(=NCc1ccc(N2CCN(C)CC2)nc1)NCc1ccc(C)cc1.I. The number of rotatable bonds is 6. The first-order chi connectivity index (χ1) is 13.6. The number of hydrogen-bond donors (Lipinski definition) is 2. The van der Waals surface area contributed by atoms with Crippen molar-refractivity contribution in [2.75, 3.05) is 44.7 Å². The summed E-state index contributed by atoms with van der Waals surface area (Å²) in [4.78, 5) is 14.1. The van der Waals surface area contributed by atoms with Gasteiger partial charge in [0.1, 0.15) is 5.82 Å². The zero-order chi connectivity index (χ0) is 19.8. The lowest BCUT2D eigenvalue weighted by atomic mass is 10.1. The topological polar surface area (TPSA) is 55.8 Å². The van der Waals surface area contributed by atoms with Crippen LogP contribution >= 0.6 is 24.0 Å². The monoisotopic (exact) mass is 508 g/mol. The number of piperazine rings is 1. The van der Waals surface area contributed by atoms with Crippen LogP contribution in [0.25, 0.3) is 0 Å². The third kappa shape index (κ3) is 7.47. The maximum Gasteiger partial charge on any atom is 0.191 e. The van der Waals surface area contributed by atoms with E-state index in [0.29, 0.717) is 6.54 Å². The number of hydrogen-bond acceptors (Lipinski definition) is 4. The zero-order valence-corrected chi connectivity index (χ0v) is 20.0. The van der Waals surface area contributed by atoms with E-state index in [2.05, 4.69) is 82.7 Å². The summed E-state index contributed by atoms with van der Waals surface area (Å²) in [5.41, 5.74) is 3.64.